The average Bonchev–Trinajstić information content (AvgIpc) is 2.65. The largest absolute Gasteiger partial charge is 0.390 e. The second-order valence-corrected chi connectivity index (χ2v) is 3.62. The van der Waals surface area contributed by atoms with Gasteiger partial charge < -0.3 is 15.1 Å². The number of aromatic nitrogens is 2. The Balaban J connectivity index is 2.54. The van der Waals surface area contributed by atoms with Crippen LogP contribution in [0.2, 0.25) is 0 Å². The SMILES string of the molecule is CCCCN(CCCC)c1nnc(N)o1. The van der Waals surface area contributed by atoms with E-state index in [-0.39, 0.29) is 6.01 Å². The highest BCUT2D eigenvalue weighted by Gasteiger charge is 2.11. The molecule has 0 aliphatic rings. The predicted molar refractivity (Wildman–Crippen MR) is 60.7 cm³/mol. The summed E-state index contributed by atoms with van der Waals surface area (Å²) in [6, 6.07) is 0.692. The molecule has 1 rings (SSSR count). The van der Waals surface area contributed by atoms with E-state index >= 15 is 0 Å². The topological polar surface area (TPSA) is 68.2 Å². The van der Waals surface area contributed by atoms with Gasteiger partial charge in [0.15, 0.2) is 0 Å². The summed E-state index contributed by atoms with van der Waals surface area (Å²) in [4.78, 5) is 2.11. The number of nitrogen functional groups attached to an aromatic ring is 1. The number of nitrogens with two attached hydrogens (primary N) is 1. The lowest BCUT2D eigenvalue weighted by Crippen LogP contribution is -2.25. The van der Waals surface area contributed by atoms with Crippen molar-refractivity contribution in [1.29, 1.82) is 0 Å². The fourth-order valence-corrected chi connectivity index (χ4v) is 1.36. The Kier molecular flexibility index (Phi) is 4.93. The summed E-state index contributed by atoms with van der Waals surface area (Å²) in [7, 11) is 0. The first kappa shape index (κ1) is 11.8. The molecule has 0 spiro atoms. The van der Waals surface area contributed by atoms with Crippen molar-refractivity contribution >= 4 is 12.0 Å². The minimum atomic E-state index is 0.142. The van der Waals surface area contributed by atoms with Crippen LogP contribution < -0.4 is 10.6 Å². The molecule has 0 amide bonds. The van der Waals surface area contributed by atoms with E-state index in [1.165, 1.54) is 0 Å². The van der Waals surface area contributed by atoms with Crippen LogP contribution in [0.5, 0.6) is 0 Å². The number of hydrogen-bond donors (Lipinski definition) is 1. The molecule has 15 heavy (non-hydrogen) atoms. The molecular formula is C10H20N4O. The molecule has 0 radical (unpaired) electrons. The Hall–Kier alpha value is -1.26. The Morgan fingerprint density at radius 3 is 2.13 bits per heavy atom. The van der Waals surface area contributed by atoms with Gasteiger partial charge in [-0.05, 0) is 12.8 Å². The van der Waals surface area contributed by atoms with Crippen LogP contribution in [-0.2, 0) is 0 Å². The molecule has 86 valence electrons. The summed E-state index contributed by atoms with van der Waals surface area (Å²) in [6.45, 7) is 6.25. The van der Waals surface area contributed by atoms with Crippen molar-refractivity contribution in [3.63, 3.8) is 0 Å². The van der Waals surface area contributed by atoms with Crippen molar-refractivity contribution in [2.45, 2.75) is 39.5 Å². The highest BCUT2D eigenvalue weighted by Crippen LogP contribution is 2.14. The zero-order chi connectivity index (χ0) is 11.1. The van der Waals surface area contributed by atoms with Gasteiger partial charge in [0, 0.05) is 13.1 Å². The second-order valence-electron chi connectivity index (χ2n) is 3.62. The predicted octanol–water partition coefficient (Wildman–Crippen LogP) is 2.06. The Morgan fingerprint density at radius 1 is 1.13 bits per heavy atom. The van der Waals surface area contributed by atoms with Crippen LogP contribution in [0.1, 0.15) is 39.5 Å². The molecule has 5 heteroatoms. The zero-order valence-electron chi connectivity index (χ0n) is 9.57. The molecule has 0 saturated carbocycles. The first-order valence-corrected chi connectivity index (χ1v) is 5.61. The highest BCUT2D eigenvalue weighted by molar-refractivity contribution is 5.27. The Bertz CT molecular complexity index is 266. The van der Waals surface area contributed by atoms with Gasteiger partial charge in [-0.3, -0.25) is 0 Å². The molecule has 0 aliphatic carbocycles. The minimum Gasteiger partial charge on any atom is -0.390 e. The fourth-order valence-electron chi connectivity index (χ4n) is 1.36. The van der Waals surface area contributed by atoms with Gasteiger partial charge in [-0.15, -0.1) is 0 Å². The van der Waals surface area contributed by atoms with Crippen molar-refractivity contribution in [1.82, 2.24) is 10.2 Å². The van der Waals surface area contributed by atoms with Crippen molar-refractivity contribution in [2.75, 3.05) is 23.7 Å². The van der Waals surface area contributed by atoms with E-state index < -0.39 is 0 Å². The third kappa shape index (κ3) is 3.77. The van der Waals surface area contributed by atoms with Crippen LogP contribution in [0, 0.1) is 0 Å². The van der Waals surface area contributed by atoms with Crippen molar-refractivity contribution in [2.24, 2.45) is 0 Å². The lowest BCUT2D eigenvalue weighted by molar-refractivity contribution is 0.534. The maximum absolute atomic E-state index is 5.41. The van der Waals surface area contributed by atoms with Gasteiger partial charge in [0.25, 0.3) is 0 Å². The molecule has 5 nitrogen and oxygen atoms in total. The molecule has 0 atom stereocenters. The molecule has 0 unspecified atom stereocenters. The lowest BCUT2D eigenvalue weighted by atomic mass is 10.3. The van der Waals surface area contributed by atoms with E-state index in [4.69, 9.17) is 10.2 Å². The van der Waals surface area contributed by atoms with Gasteiger partial charge in [-0.25, -0.2) is 0 Å². The standard InChI is InChI=1S/C10H20N4O/c1-3-5-7-14(8-6-4-2)10-13-12-9(11)15-10/h3-8H2,1-2H3,(H2,11,12). The van der Waals surface area contributed by atoms with Crippen molar-refractivity contribution in [3.8, 4) is 0 Å². The van der Waals surface area contributed by atoms with Gasteiger partial charge >= 0.3 is 12.0 Å². The summed E-state index contributed by atoms with van der Waals surface area (Å²) in [6.07, 6.45) is 4.58. The van der Waals surface area contributed by atoms with E-state index in [0.29, 0.717) is 6.01 Å². The molecule has 0 bridgehead atoms. The highest BCUT2D eigenvalue weighted by atomic mass is 16.4. The first-order valence-electron chi connectivity index (χ1n) is 5.61. The lowest BCUT2D eigenvalue weighted by Gasteiger charge is -2.19. The monoisotopic (exact) mass is 212 g/mol. The Labute approximate surface area is 90.7 Å². The maximum atomic E-state index is 5.41. The third-order valence-electron chi connectivity index (χ3n) is 2.26. The smallest absolute Gasteiger partial charge is 0.319 e. The number of unbranched alkanes of at least 4 members (excludes halogenated alkanes) is 2. The van der Waals surface area contributed by atoms with E-state index in [2.05, 4.69) is 28.9 Å². The van der Waals surface area contributed by atoms with Gasteiger partial charge in [-0.2, -0.15) is 0 Å². The molecular weight excluding hydrogens is 192 g/mol. The molecule has 0 fully saturated rings. The summed E-state index contributed by atoms with van der Waals surface area (Å²) in [5, 5.41) is 7.58. The second kappa shape index (κ2) is 6.27. The van der Waals surface area contributed by atoms with E-state index in [9.17, 15) is 0 Å². The molecule has 0 aliphatic heterocycles. The molecule has 1 aromatic rings. The summed E-state index contributed by atoms with van der Waals surface area (Å²) < 4.78 is 5.22. The van der Waals surface area contributed by atoms with Crippen LogP contribution in [0.15, 0.2) is 4.42 Å². The number of rotatable bonds is 7. The van der Waals surface area contributed by atoms with Crippen molar-refractivity contribution < 1.29 is 4.42 Å². The van der Waals surface area contributed by atoms with Crippen LogP contribution >= 0.6 is 0 Å². The average molecular weight is 212 g/mol. The minimum absolute atomic E-state index is 0.142. The van der Waals surface area contributed by atoms with Gasteiger partial charge in [0.1, 0.15) is 0 Å². The number of nitrogens with zero attached hydrogens (tertiary/aromatic N) is 3. The summed E-state index contributed by atoms with van der Waals surface area (Å²) in [5.74, 6) is 0. The van der Waals surface area contributed by atoms with Crippen LogP contribution in [0.25, 0.3) is 0 Å². The van der Waals surface area contributed by atoms with Gasteiger partial charge in [0.2, 0.25) is 0 Å². The molecule has 2 N–H and O–H groups in total. The number of anilines is 2. The quantitative estimate of drug-likeness (QED) is 0.749. The zero-order valence-corrected chi connectivity index (χ0v) is 9.57. The van der Waals surface area contributed by atoms with E-state index in [1.54, 1.807) is 0 Å². The van der Waals surface area contributed by atoms with Crippen LogP contribution in [0.4, 0.5) is 12.0 Å². The fraction of sp³-hybridized carbons (Fsp3) is 0.800. The first-order chi connectivity index (χ1) is 7.27. The van der Waals surface area contributed by atoms with Gasteiger partial charge in [0.05, 0.1) is 0 Å². The number of hydrogen-bond acceptors (Lipinski definition) is 5. The van der Waals surface area contributed by atoms with Crippen molar-refractivity contribution in [3.05, 3.63) is 0 Å². The summed E-state index contributed by atoms with van der Waals surface area (Å²) in [5.41, 5.74) is 5.41. The van der Waals surface area contributed by atoms with Crippen LogP contribution in [0.3, 0.4) is 0 Å². The molecule has 0 saturated heterocycles. The molecule has 1 aromatic heterocycles. The van der Waals surface area contributed by atoms with Crippen LogP contribution in [-0.4, -0.2) is 23.3 Å². The van der Waals surface area contributed by atoms with E-state index in [0.717, 1.165) is 38.8 Å². The Morgan fingerprint density at radius 2 is 1.73 bits per heavy atom. The summed E-state index contributed by atoms with van der Waals surface area (Å²) >= 11 is 0. The van der Waals surface area contributed by atoms with E-state index in [1.807, 2.05) is 0 Å². The maximum Gasteiger partial charge on any atom is 0.319 e. The van der Waals surface area contributed by atoms with Gasteiger partial charge in [-0.1, -0.05) is 36.9 Å². The normalized spacial score (nSPS) is 10.5. The third-order valence-corrected chi connectivity index (χ3v) is 2.26. The molecule has 0 aromatic carbocycles. The molecule has 1 heterocycles.